The third-order valence-electron chi connectivity index (χ3n) is 2.50. The maximum atomic E-state index is 12.6. The number of fused-ring (bicyclic) bond motifs is 1. The van der Waals surface area contributed by atoms with Crippen molar-refractivity contribution in [1.29, 1.82) is 0 Å². The van der Waals surface area contributed by atoms with Gasteiger partial charge in [0.2, 0.25) is 9.97 Å². The van der Waals surface area contributed by atoms with Crippen LogP contribution in [0.5, 0.6) is 0 Å². The highest BCUT2D eigenvalue weighted by atomic mass is 32.1. The molecule has 0 unspecified atom stereocenters. The van der Waals surface area contributed by atoms with E-state index in [0.29, 0.717) is 11.1 Å². The van der Waals surface area contributed by atoms with E-state index in [4.69, 9.17) is 0 Å². The number of hydrogen-bond donors (Lipinski definition) is 1. The lowest BCUT2D eigenvalue weighted by atomic mass is 10.2. The van der Waals surface area contributed by atoms with Gasteiger partial charge < -0.3 is 5.32 Å². The summed E-state index contributed by atoms with van der Waals surface area (Å²) in [5.41, 5.74) is 0. The van der Waals surface area contributed by atoms with Crippen LogP contribution in [0.15, 0.2) is 0 Å². The quantitative estimate of drug-likeness (QED) is 0.859. The molecule has 1 N–H and O–H groups in total. The Kier molecular flexibility index (Phi) is 4.21. The van der Waals surface area contributed by atoms with Crippen LogP contribution in [-0.2, 0) is 6.18 Å². The van der Waals surface area contributed by atoms with Gasteiger partial charge in [-0.05, 0) is 6.42 Å². The Labute approximate surface area is 116 Å². The van der Waals surface area contributed by atoms with E-state index in [1.807, 2.05) is 6.92 Å². The van der Waals surface area contributed by atoms with Crippen molar-refractivity contribution in [2.45, 2.75) is 32.4 Å². The third-order valence-corrected chi connectivity index (χ3v) is 3.40. The number of rotatable bonds is 5. The van der Waals surface area contributed by atoms with Crippen LogP contribution in [0, 0.1) is 0 Å². The molecule has 2 heterocycles. The van der Waals surface area contributed by atoms with Crippen molar-refractivity contribution >= 4 is 22.2 Å². The van der Waals surface area contributed by atoms with Gasteiger partial charge in [-0.1, -0.05) is 31.1 Å². The van der Waals surface area contributed by atoms with Gasteiger partial charge in [0.15, 0.2) is 0 Å². The van der Waals surface area contributed by atoms with Gasteiger partial charge in [-0.2, -0.15) is 17.7 Å². The molecule has 0 fully saturated rings. The summed E-state index contributed by atoms with van der Waals surface area (Å²) >= 11 is 0.772. The van der Waals surface area contributed by atoms with E-state index >= 15 is 0 Å². The van der Waals surface area contributed by atoms with Crippen molar-refractivity contribution in [3.05, 3.63) is 10.8 Å². The molecule has 2 rings (SSSR count). The molecule has 0 aliphatic heterocycles. The molecule has 0 radical (unpaired) electrons. The van der Waals surface area contributed by atoms with Crippen molar-refractivity contribution in [2.24, 2.45) is 0 Å². The number of carbonyl (C=O) groups is 1. The lowest BCUT2D eigenvalue weighted by Crippen LogP contribution is -2.24. The van der Waals surface area contributed by atoms with Crippen molar-refractivity contribution in [2.75, 3.05) is 6.54 Å². The highest BCUT2D eigenvalue weighted by molar-refractivity contribution is 7.18. The van der Waals surface area contributed by atoms with Crippen LogP contribution in [0.2, 0.25) is 0 Å². The molecule has 20 heavy (non-hydrogen) atoms. The highest BCUT2D eigenvalue weighted by Gasteiger charge is 2.38. The summed E-state index contributed by atoms with van der Waals surface area (Å²) in [5.74, 6) is -1.72. The Morgan fingerprint density at radius 3 is 2.75 bits per heavy atom. The number of amides is 1. The summed E-state index contributed by atoms with van der Waals surface area (Å²) in [7, 11) is 0. The van der Waals surface area contributed by atoms with Gasteiger partial charge in [-0.25, -0.2) is 0 Å². The SMILES string of the molecule is CCCCCNC(=O)c1nn2c(C(F)(F)F)nnc2s1. The average Bonchev–Trinajstić information content (AvgIpc) is 2.92. The molecule has 2 aromatic heterocycles. The molecule has 0 aromatic carbocycles. The standard InChI is InChI=1S/C10H12F3N5OS/c1-2-3-4-5-14-6(19)7-17-18-8(10(11,12)13)15-16-9(18)20-7/h2-5H2,1H3,(H,14,19). The molecule has 0 aliphatic carbocycles. The monoisotopic (exact) mass is 307 g/mol. The second kappa shape index (κ2) is 5.73. The first-order valence-corrected chi connectivity index (χ1v) is 6.82. The molecule has 0 bridgehead atoms. The summed E-state index contributed by atoms with van der Waals surface area (Å²) < 4.78 is 38.3. The lowest BCUT2D eigenvalue weighted by molar-refractivity contribution is -0.146. The maximum Gasteiger partial charge on any atom is 0.453 e. The predicted molar refractivity (Wildman–Crippen MR) is 65.5 cm³/mol. The van der Waals surface area contributed by atoms with Gasteiger partial charge in [-0.3, -0.25) is 4.79 Å². The number of aromatic nitrogens is 4. The van der Waals surface area contributed by atoms with E-state index in [-0.39, 0.29) is 9.97 Å². The molecule has 10 heteroatoms. The Bertz CT molecular complexity index is 606. The van der Waals surface area contributed by atoms with E-state index in [0.717, 1.165) is 30.6 Å². The fourth-order valence-corrected chi connectivity index (χ4v) is 2.29. The van der Waals surface area contributed by atoms with E-state index in [2.05, 4.69) is 20.6 Å². The van der Waals surface area contributed by atoms with Crippen LogP contribution in [0.4, 0.5) is 13.2 Å². The molecular weight excluding hydrogens is 295 g/mol. The van der Waals surface area contributed by atoms with Gasteiger partial charge in [0.25, 0.3) is 11.7 Å². The van der Waals surface area contributed by atoms with Crippen molar-refractivity contribution < 1.29 is 18.0 Å². The number of alkyl halides is 3. The van der Waals surface area contributed by atoms with Gasteiger partial charge >= 0.3 is 6.18 Å². The minimum Gasteiger partial charge on any atom is -0.350 e. The zero-order chi connectivity index (χ0) is 14.8. The van der Waals surface area contributed by atoms with Crippen LogP contribution < -0.4 is 5.32 Å². The summed E-state index contributed by atoms with van der Waals surface area (Å²) in [6.45, 7) is 2.50. The maximum absolute atomic E-state index is 12.6. The van der Waals surface area contributed by atoms with Crippen LogP contribution in [0.1, 0.15) is 41.8 Å². The molecule has 0 saturated heterocycles. The normalized spacial score (nSPS) is 12.0. The van der Waals surface area contributed by atoms with Crippen LogP contribution in [0.3, 0.4) is 0 Å². The van der Waals surface area contributed by atoms with E-state index < -0.39 is 17.9 Å². The van der Waals surface area contributed by atoms with Crippen molar-refractivity contribution in [3.63, 3.8) is 0 Å². The molecule has 0 atom stereocenters. The first-order chi connectivity index (χ1) is 9.43. The predicted octanol–water partition coefficient (Wildman–Crippen LogP) is 2.12. The fraction of sp³-hybridized carbons (Fsp3) is 0.600. The summed E-state index contributed by atoms with van der Waals surface area (Å²) in [6, 6.07) is 0. The first kappa shape index (κ1) is 14.7. The fourth-order valence-electron chi connectivity index (χ4n) is 1.54. The largest absolute Gasteiger partial charge is 0.453 e. The Hall–Kier alpha value is -1.71. The number of nitrogens with one attached hydrogen (secondary N) is 1. The Balaban J connectivity index is 2.12. The van der Waals surface area contributed by atoms with Crippen LogP contribution >= 0.6 is 11.3 Å². The first-order valence-electron chi connectivity index (χ1n) is 6.01. The van der Waals surface area contributed by atoms with Crippen molar-refractivity contribution in [3.8, 4) is 0 Å². The number of unbranched alkanes of at least 4 members (excludes halogenated alkanes) is 2. The van der Waals surface area contributed by atoms with Crippen LogP contribution in [-0.4, -0.2) is 32.3 Å². The number of halogens is 3. The lowest BCUT2D eigenvalue weighted by Gasteiger charge is -2.01. The minimum absolute atomic E-state index is 0.0584. The summed E-state index contributed by atoms with van der Waals surface area (Å²) in [5, 5.41) is 12.6. The van der Waals surface area contributed by atoms with Crippen LogP contribution in [0.25, 0.3) is 4.96 Å². The molecule has 2 aromatic rings. The molecule has 0 saturated carbocycles. The van der Waals surface area contributed by atoms with E-state index in [9.17, 15) is 18.0 Å². The molecule has 1 amide bonds. The van der Waals surface area contributed by atoms with Gasteiger partial charge in [0, 0.05) is 6.54 Å². The third kappa shape index (κ3) is 3.06. The van der Waals surface area contributed by atoms with Gasteiger partial charge in [0.05, 0.1) is 0 Å². The highest BCUT2D eigenvalue weighted by Crippen LogP contribution is 2.28. The molecule has 0 spiro atoms. The number of carbonyl (C=O) groups excluding carboxylic acids is 1. The Morgan fingerprint density at radius 2 is 2.10 bits per heavy atom. The smallest absolute Gasteiger partial charge is 0.350 e. The topological polar surface area (TPSA) is 72.2 Å². The van der Waals surface area contributed by atoms with E-state index in [1.54, 1.807) is 0 Å². The molecule has 110 valence electrons. The Morgan fingerprint density at radius 1 is 1.35 bits per heavy atom. The summed E-state index contributed by atoms with van der Waals surface area (Å²) in [6.07, 6.45) is -1.84. The molecular formula is C10H12F3N5OS. The van der Waals surface area contributed by atoms with Gasteiger partial charge in [0.1, 0.15) is 0 Å². The molecule has 6 nitrogen and oxygen atoms in total. The average molecular weight is 307 g/mol. The number of nitrogens with zero attached hydrogens (tertiary/aromatic N) is 4. The van der Waals surface area contributed by atoms with Crippen molar-refractivity contribution in [1.82, 2.24) is 25.1 Å². The van der Waals surface area contributed by atoms with Gasteiger partial charge in [-0.15, -0.1) is 15.3 Å². The second-order valence-electron chi connectivity index (χ2n) is 4.09. The van der Waals surface area contributed by atoms with E-state index in [1.165, 1.54) is 0 Å². The summed E-state index contributed by atoms with van der Waals surface area (Å²) in [4.78, 5) is 11.7. The zero-order valence-electron chi connectivity index (χ0n) is 10.6. The minimum atomic E-state index is -4.65. The zero-order valence-corrected chi connectivity index (χ0v) is 11.4. The second-order valence-corrected chi connectivity index (χ2v) is 5.04. The molecule has 0 aliphatic rings. The number of hydrogen-bond acceptors (Lipinski definition) is 5.